The normalized spacial score (nSPS) is 12.4. The van der Waals surface area contributed by atoms with Gasteiger partial charge >= 0.3 is 0 Å². The van der Waals surface area contributed by atoms with Crippen LogP contribution in [0.3, 0.4) is 0 Å². The number of benzene rings is 2. The van der Waals surface area contributed by atoms with Gasteiger partial charge in [-0.2, -0.15) is 0 Å². The summed E-state index contributed by atoms with van der Waals surface area (Å²) < 4.78 is 53.2. The van der Waals surface area contributed by atoms with E-state index in [0.717, 1.165) is 12.1 Å². The lowest BCUT2D eigenvalue weighted by atomic mass is 9.98. The topological polar surface area (TPSA) is 12.0 Å². The predicted octanol–water partition coefficient (Wildman–Crippen LogP) is 3.75. The molecule has 1 N–H and O–H groups in total. The van der Waals surface area contributed by atoms with E-state index in [1.165, 1.54) is 24.3 Å². The van der Waals surface area contributed by atoms with Crippen molar-refractivity contribution in [3.63, 3.8) is 0 Å². The van der Waals surface area contributed by atoms with E-state index >= 15 is 0 Å². The molecular weight excluding hydrogens is 270 g/mol. The molecular formula is C15H13F4N. The van der Waals surface area contributed by atoms with E-state index in [0.29, 0.717) is 5.56 Å². The summed E-state index contributed by atoms with van der Waals surface area (Å²) in [6.07, 6.45) is 0.144. The van der Waals surface area contributed by atoms with Crippen LogP contribution in [-0.4, -0.2) is 7.05 Å². The summed E-state index contributed by atoms with van der Waals surface area (Å²) in [5, 5.41) is 2.82. The van der Waals surface area contributed by atoms with E-state index in [9.17, 15) is 17.6 Å². The van der Waals surface area contributed by atoms with Gasteiger partial charge in [0.15, 0.2) is 11.6 Å². The fourth-order valence-corrected chi connectivity index (χ4v) is 2.12. The second-order valence-corrected chi connectivity index (χ2v) is 4.47. The van der Waals surface area contributed by atoms with Crippen molar-refractivity contribution < 1.29 is 17.6 Å². The molecule has 2 aromatic carbocycles. The summed E-state index contributed by atoms with van der Waals surface area (Å²) in [5.41, 5.74) is 0.489. The van der Waals surface area contributed by atoms with E-state index in [1.54, 1.807) is 7.05 Å². The highest BCUT2D eigenvalue weighted by atomic mass is 19.2. The highest BCUT2D eigenvalue weighted by Crippen LogP contribution is 2.23. The summed E-state index contributed by atoms with van der Waals surface area (Å²) in [6.45, 7) is 0. The Balaban J connectivity index is 2.31. The molecule has 1 unspecified atom stereocenters. The minimum absolute atomic E-state index is 0.122. The minimum atomic E-state index is -0.955. The van der Waals surface area contributed by atoms with Gasteiger partial charge in [-0.1, -0.05) is 12.1 Å². The van der Waals surface area contributed by atoms with Crippen LogP contribution in [0.4, 0.5) is 17.6 Å². The molecule has 5 heteroatoms. The Morgan fingerprint density at radius 3 is 2.25 bits per heavy atom. The molecule has 1 nitrogen and oxygen atoms in total. The van der Waals surface area contributed by atoms with Gasteiger partial charge in [0.1, 0.15) is 11.6 Å². The van der Waals surface area contributed by atoms with Crippen molar-refractivity contribution in [3.8, 4) is 0 Å². The number of nitrogens with one attached hydrogen (secondary N) is 1. The van der Waals surface area contributed by atoms with Gasteiger partial charge in [-0.25, -0.2) is 17.6 Å². The average Bonchev–Trinajstić information content (AvgIpc) is 2.38. The van der Waals surface area contributed by atoms with E-state index in [4.69, 9.17) is 0 Å². The molecule has 2 rings (SSSR count). The van der Waals surface area contributed by atoms with Crippen LogP contribution in [0.5, 0.6) is 0 Å². The summed E-state index contributed by atoms with van der Waals surface area (Å²) in [7, 11) is 1.57. The SMILES string of the molecule is CNC(Cc1cc(F)cc(F)c1)c1cccc(F)c1F. The molecule has 20 heavy (non-hydrogen) atoms. The Labute approximate surface area is 114 Å². The van der Waals surface area contributed by atoms with Gasteiger partial charge < -0.3 is 5.32 Å². The smallest absolute Gasteiger partial charge is 0.163 e. The van der Waals surface area contributed by atoms with Crippen LogP contribution >= 0.6 is 0 Å². The molecule has 0 saturated heterocycles. The molecule has 0 heterocycles. The molecule has 106 valence electrons. The number of hydrogen-bond acceptors (Lipinski definition) is 1. The monoisotopic (exact) mass is 283 g/mol. The van der Waals surface area contributed by atoms with Crippen molar-refractivity contribution in [2.45, 2.75) is 12.5 Å². The van der Waals surface area contributed by atoms with Gasteiger partial charge in [0, 0.05) is 17.7 Å². The lowest BCUT2D eigenvalue weighted by Crippen LogP contribution is -2.20. The minimum Gasteiger partial charge on any atom is -0.313 e. The van der Waals surface area contributed by atoms with E-state index in [1.807, 2.05) is 0 Å². The Morgan fingerprint density at radius 2 is 1.65 bits per heavy atom. The van der Waals surface area contributed by atoms with E-state index in [2.05, 4.69) is 5.32 Å². The van der Waals surface area contributed by atoms with Gasteiger partial charge in [0.2, 0.25) is 0 Å². The zero-order valence-electron chi connectivity index (χ0n) is 10.8. The van der Waals surface area contributed by atoms with Crippen molar-refractivity contribution in [2.24, 2.45) is 0 Å². The second-order valence-electron chi connectivity index (χ2n) is 4.47. The molecule has 0 bridgehead atoms. The maximum Gasteiger partial charge on any atom is 0.163 e. The Morgan fingerprint density at radius 1 is 1.00 bits per heavy atom. The zero-order valence-corrected chi connectivity index (χ0v) is 10.8. The molecule has 1 atom stereocenters. The molecule has 0 fully saturated rings. The fourth-order valence-electron chi connectivity index (χ4n) is 2.12. The van der Waals surface area contributed by atoms with Crippen LogP contribution in [0, 0.1) is 23.3 Å². The maximum atomic E-state index is 13.7. The predicted molar refractivity (Wildman–Crippen MR) is 68.2 cm³/mol. The molecule has 0 spiro atoms. The van der Waals surface area contributed by atoms with Crippen LogP contribution in [0.25, 0.3) is 0 Å². The van der Waals surface area contributed by atoms with Crippen molar-refractivity contribution >= 4 is 0 Å². The van der Waals surface area contributed by atoms with Crippen LogP contribution in [-0.2, 0) is 6.42 Å². The first-order valence-corrected chi connectivity index (χ1v) is 6.07. The molecule has 0 saturated carbocycles. The van der Waals surface area contributed by atoms with Crippen molar-refractivity contribution in [3.05, 3.63) is 70.8 Å². The molecule has 0 aliphatic carbocycles. The number of rotatable bonds is 4. The van der Waals surface area contributed by atoms with Gasteiger partial charge in [0.25, 0.3) is 0 Å². The Bertz CT molecular complexity index is 593. The average molecular weight is 283 g/mol. The lowest BCUT2D eigenvalue weighted by Gasteiger charge is -2.18. The van der Waals surface area contributed by atoms with Gasteiger partial charge in [-0.15, -0.1) is 0 Å². The Kier molecular flexibility index (Phi) is 4.39. The fraction of sp³-hybridized carbons (Fsp3) is 0.200. The zero-order chi connectivity index (χ0) is 14.7. The summed E-state index contributed by atoms with van der Waals surface area (Å²) in [5.74, 6) is -3.30. The standard InChI is InChI=1S/C15H13F4N/c1-20-14(12-3-2-4-13(18)15(12)19)7-9-5-10(16)8-11(17)6-9/h2-6,8,14,20H,7H2,1H3. The first kappa shape index (κ1) is 14.5. The van der Waals surface area contributed by atoms with Crippen LogP contribution in [0.1, 0.15) is 17.2 Å². The van der Waals surface area contributed by atoms with Crippen LogP contribution in [0.15, 0.2) is 36.4 Å². The summed E-state index contributed by atoms with van der Waals surface area (Å²) in [4.78, 5) is 0. The highest BCUT2D eigenvalue weighted by Gasteiger charge is 2.17. The summed E-state index contributed by atoms with van der Waals surface area (Å²) >= 11 is 0. The van der Waals surface area contributed by atoms with Crippen molar-refractivity contribution in [1.29, 1.82) is 0 Å². The lowest BCUT2D eigenvalue weighted by molar-refractivity contribution is 0.472. The van der Waals surface area contributed by atoms with Crippen LogP contribution in [0.2, 0.25) is 0 Å². The first-order valence-electron chi connectivity index (χ1n) is 6.07. The molecule has 0 aliphatic rings. The van der Waals surface area contributed by atoms with Crippen LogP contribution < -0.4 is 5.32 Å². The third-order valence-electron chi connectivity index (χ3n) is 3.07. The van der Waals surface area contributed by atoms with Crippen molar-refractivity contribution in [1.82, 2.24) is 5.32 Å². The Hall–Kier alpha value is -1.88. The molecule has 0 amide bonds. The molecule has 0 aromatic heterocycles. The first-order chi connectivity index (χ1) is 9.51. The molecule has 0 aliphatic heterocycles. The van der Waals surface area contributed by atoms with Gasteiger partial charge in [-0.05, 0) is 37.2 Å². The third kappa shape index (κ3) is 3.17. The largest absolute Gasteiger partial charge is 0.313 e. The highest BCUT2D eigenvalue weighted by molar-refractivity contribution is 5.26. The van der Waals surface area contributed by atoms with Gasteiger partial charge in [-0.3, -0.25) is 0 Å². The van der Waals surface area contributed by atoms with E-state index in [-0.39, 0.29) is 12.0 Å². The molecule has 2 aromatic rings. The van der Waals surface area contributed by atoms with Crippen molar-refractivity contribution in [2.75, 3.05) is 7.05 Å². The summed E-state index contributed by atoms with van der Waals surface area (Å²) in [6, 6.07) is 6.38. The molecule has 0 radical (unpaired) electrons. The van der Waals surface area contributed by atoms with Gasteiger partial charge in [0.05, 0.1) is 0 Å². The second kappa shape index (κ2) is 6.05. The maximum absolute atomic E-state index is 13.7. The third-order valence-corrected chi connectivity index (χ3v) is 3.07. The number of hydrogen-bond donors (Lipinski definition) is 1. The van der Waals surface area contributed by atoms with E-state index < -0.39 is 29.3 Å². The quantitative estimate of drug-likeness (QED) is 0.843. The number of likely N-dealkylation sites (N-methyl/N-ethyl adjacent to an activating group) is 1. The number of halogens is 4.